The van der Waals surface area contributed by atoms with E-state index in [4.69, 9.17) is 16.7 Å². The number of benzene rings is 1. The van der Waals surface area contributed by atoms with Crippen LogP contribution < -0.4 is 5.32 Å². The average molecular weight is 460 g/mol. The molecule has 1 aliphatic heterocycles. The third-order valence-electron chi connectivity index (χ3n) is 4.75. The number of hydrogen-bond acceptors (Lipinski definition) is 4. The zero-order chi connectivity index (χ0) is 22.8. The number of nitrogens with zero attached hydrogens (tertiary/aromatic N) is 2. The van der Waals surface area contributed by atoms with E-state index in [0.717, 1.165) is 11.6 Å². The lowest BCUT2D eigenvalue weighted by Crippen LogP contribution is -2.38. The monoisotopic (exact) mass is 459 g/mol. The minimum atomic E-state index is -4.82. The number of urea groups is 1. The molecule has 1 aromatic heterocycles. The lowest BCUT2D eigenvalue weighted by molar-refractivity contribution is -0.139. The summed E-state index contributed by atoms with van der Waals surface area (Å²) in [5, 5.41) is 21.3. The van der Waals surface area contributed by atoms with Gasteiger partial charge in [0.05, 0.1) is 22.9 Å². The van der Waals surface area contributed by atoms with Crippen molar-refractivity contribution in [1.29, 1.82) is 0 Å². The molecular weight excluding hydrogens is 442 g/mol. The molecule has 166 valence electrons. The summed E-state index contributed by atoms with van der Waals surface area (Å²) < 4.78 is 51.6. The van der Waals surface area contributed by atoms with E-state index in [0.29, 0.717) is 29.8 Å². The van der Waals surface area contributed by atoms with Crippen molar-refractivity contribution in [3.63, 3.8) is 0 Å². The van der Waals surface area contributed by atoms with Gasteiger partial charge in [0.25, 0.3) is 0 Å². The highest BCUT2D eigenvalue weighted by Gasteiger charge is 2.34. The number of carbonyl (C=O) groups excluding carboxylic acids is 1. The van der Waals surface area contributed by atoms with Gasteiger partial charge in [-0.1, -0.05) is 17.7 Å². The van der Waals surface area contributed by atoms with Crippen LogP contribution in [0.2, 0.25) is 5.02 Å². The number of nitrogens with one attached hydrogen (secondary N) is 1. The molecule has 1 aromatic carbocycles. The van der Waals surface area contributed by atoms with E-state index < -0.39 is 36.3 Å². The van der Waals surface area contributed by atoms with Gasteiger partial charge in [0, 0.05) is 30.5 Å². The van der Waals surface area contributed by atoms with E-state index in [1.165, 1.54) is 17.2 Å². The van der Waals surface area contributed by atoms with Gasteiger partial charge in [0.1, 0.15) is 11.9 Å². The number of aliphatic hydroxyl groups is 2. The summed E-state index contributed by atoms with van der Waals surface area (Å²) in [5.41, 5.74) is 0.142. The highest BCUT2D eigenvalue weighted by atomic mass is 35.5. The molecule has 2 aromatic rings. The number of aromatic nitrogens is 1. The fourth-order valence-corrected chi connectivity index (χ4v) is 3.37. The van der Waals surface area contributed by atoms with Crippen LogP contribution in [-0.4, -0.2) is 45.8 Å². The molecule has 2 amide bonds. The molecule has 2 heterocycles. The van der Waals surface area contributed by atoms with Crippen molar-refractivity contribution in [1.82, 2.24) is 9.88 Å². The number of rotatable bonds is 4. The molecular formula is C20H18ClF4N3O3. The molecule has 3 rings (SSSR count). The maximum absolute atomic E-state index is 13.7. The molecule has 0 saturated carbocycles. The number of anilines is 1. The molecule has 3 N–H and O–H groups in total. The number of aliphatic hydroxyl groups excluding tert-OH is 2. The molecule has 0 aliphatic carbocycles. The van der Waals surface area contributed by atoms with E-state index in [-0.39, 0.29) is 23.8 Å². The van der Waals surface area contributed by atoms with Crippen molar-refractivity contribution >= 4 is 28.9 Å². The van der Waals surface area contributed by atoms with Gasteiger partial charge >= 0.3 is 12.2 Å². The first-order valence-electron chi connectivity index (χ1n) is 9.16. The maximum atomic E-state index is 13.7. The summed E-state index contributed by atoms with van der Waals surface area (Å²) >= 11 is 6.23. The maximum Gasteiger partial charge on any atom is 0.419 e. The number of alkyl halides is 3. The van der Waals surface area contributed by atoms with Crippen LogP contribution in [0.15, 0.2) is 36.5 Å². The minimum absolute atomic E-state index is 0.0898. The molecule has 1 aliphatic rings. The molecule has 0 fully saturated rings. The van der Waals surface area contributed by atoms with E-state index in [2.05, 4.69) is 10.3 Å². The Labute approximate surface area is 179 Å². The highest BCUT2D eigenvalue weighted by molar-refractivity contribution is 6.32. The van der Waals surface area contributed by atoms with Crippen LogP contribution >= 0.6 is 11.6 Å². The van der Waals surface area contributed by atoms with Crippen molar-refractivity contribution in [3.8, 4) is 0 Å². The van der Waals surface area contributed by atoms with Crippen molar-refractivity contribution < 1.29 is 32.6 Å². The minimum Gasteiger partial charge on any atom is -0.393 e. The molecule has 0 saturated heterocycles. The molecule has 11 heteroatoms. The van der Waals surface area contributed by atoms with E-state index >= 15 is 0 Å². The number of hydrogen-bond donors (Lipinski definition) is 3. The van der Waals surface area contributed by atoms with Gasteiger partial charge in [-0.05, 0) is 36.3 Å². The van der Waals surface area contributed by atoms with Gasteiger partial charge < -0.3 is 20.4 Å². The summed E-state index contributed by atoms with van der Waals surface area (Å²) in [5.74, 6) is -1.47. The van der Waals surface area contributed by atoms with Gasteiger partial charge in [-0.3, -0.25) is 4.98 Å². The predicted molar refractivity (Wildman–Crippen MR) is 106 cm³/mol. The van der Waals surface area contributed by atoms with Crippen molar-refractivity contribution in [2.45, 2.75) is 18.7 Å². The Kier molecular flexibility index (Phi) is 6.83. The summed E-state index contributed by atoms with van der Waals surface area (Å²) in [6.45, 7) is -0.00390. The highest BCUT2D eigenvalue weighted by Crippen LogP contribution is 2.33. The first-order valence-corrected chi connectivity index (χ1v) is 9.54. The molecule has 0 spiro atoms. The first-order chi connectivity index (χ1) is 14.6. The normalized spacial score (nSPS) is 15.5. The second kappa shape index (κ2) is 9.21. The summed E-state index contributed by atoms with van der Waals surface area (Å²) in [7, 11) is 0. The average Bonchev–Trinajstić information content (AvgIpc) is 2.72. The molecule has 1 unspecified atom stereocenters. The van der Waals surface area contributed by atoms with Gasteiger partial charge in [0.15, 0.2) is 0 Å². The van der Waals surface area contributed by atoms with Gasteiger partial charge in [-0.2, -0.15) is 13.2 Å². The first kappa shape index (κ1) is 23.0. The SMILES string of the molecule is O=C(Nc1ccc(C(F)(F)F)c(F)c1)N1CC=C(c2ncc(C(O)CO)cc2Cl)CC1. The topological polar surface area (TPSA) is 85.7 Å². The fourth-order valence-electron chi connectivity index (χ4n) is 3.07. The van der Waals surface area contributed by atoms with Crippen LogP contribution in [0.1, 0.15) is 29.3 Å². The predicted octanol–water partition coefficient (Wildman–Crippen LogP) is 4.24. The lowest BCUT2D eigenvalue weighted by Gasteiger charge is -2.27. The van der Waals surface area contributed by atoms with E-state index in [1.807, 2.05) is 0 Å². The zero-order valence-corrected chi connectivity index (χ0v) is 16.7. The Bertz CT molecular complexity index is 1010. The molecule has 0 bridgehead atoms. The van der Waals surface area contributed by atoms with Crippen LogP contribution in [0.3, 0.4) is 0 Å². The van der Waals surface area contributed by atoms with Crippen LogP contribution in [0, 0.1) is 5.82 Å². The quantitative estimate of drug-likeness (QED) is 0.597. The molecule has 1 atom stereocenters. The lowest BCUT2D eigenvalue weighted by atomic mass is 10.0. The van der Waals surface area contributed by atoms with Crippen molar-refractivity contribution in [2.75, 3.05) is 25.0 Å². The Balaban J connectivity index is 1.66. The number of halogens is 5. The van der Waals surface area contributed by atoms with Gasteiger partial charge in [-0.25, -0.2) is 9.18 Å². The second-order valence-electron chi connectivity index (χ2n) is 6.85. The Hall–Kier alpha value is -2.69. The Morgan fingerprint density at radius 3 is 2.61 bits per heavy atom. The van der Waals surface area contributed by atoms with E-state index in [1.54, 1.807) is 6.08 Å². The smallest absolute Gasteiger partial charge is 0.393 e. The van der Waals surface area contributed by atoms with E-state index in [9.17, 15) is 27.5 Å². The standard InChI is InChI=1S/C20H18ClF4N3O3/c21-15-7-12(17(30)10-29)9-26-18(15)11-3-5-28(6-4-11)19(31)27-13-1-2-14(16(22)8-13)20(23,24)25/h1-3,7-9,17,29-30H,4-6,10H2,(H,27,31). The van der Waals surface area contributed by atoms with Crippen LogP contribution in [0.4, 0.5) is 28.0 Å². The summed E-state index contributed by atoms with van der Waals surface area (Å²) in [4.78, 5) is 18.0. The third-order valence-corrected chi connectivity index (χ3v) is 5.03. The molecule has 31 heavy (non-hydrogen) atoms. The van der Waals surface area contributed by atoms with Gasteiger partial charge in [0.2, 0.25) is 0 Å². The molecule has 6 nitrogen and oxygen atoms in total. The zero-order valence-electron chi connectivity index (χ0n) is 16.0. The second-order valence-corrected chi connectivity index (χ2v) is 7.25. The van der Waals surface area contributed by atoms with Crippen LogP contribution in [-0.2, 0) is 6.18 Å². The van der Waals surface area contributed by atoms with Crippen molar-refractivity contribution in [2.24, 2.45) is 0 Å². The third kappa shape index (κ3) is 5.33. The number of amides is 2. The van der Waals surface area contributed by atoms with Gasteiger partial charge in [-0.15, -0.1) is 0 Å². The van der Waals surface area contributed by atoms with Crippen LogP contribution in [0.25, 0.3) is 5.57 Å². The summed E-state index contributed by atoms with van der Waals surface area (Å²) in [6, 6.07) is 3.10. The number of carbonyl (C=O) groups is 1. The Morgan fingerprint density at radius 2 is 2.06 bits per heavy atom. The fraction of sp³-hybridized carbons (Fsp3) is 0.300. The van der Waals surface area contributed by atoms with Crippen molar-refractivity contribution in [3.05, 3.63) is 64.2 Å². The van der Waals surface area contributed by atoms with Crippen LogP contribution in [0.5, 0.6) is 0 Å². The largest absolute Gasteiger partial charge is 0.419 e. The summed E-state index contributed by atoms with van der Waals surface area (Å²) in [6.07, 6.45) is -2.37. The molecule has 0 radical (unpaired) electrons. The Morgan fingerprint density at radius 1 is 1.32 bits per heavy atom. The number of pyridine rings is 1.